The Balaban J connectivity index is 2.41. The van der Waals surface area contributed by atoms with Gasteiger partial charge in [-0.2, -0.15) is 0 Å². The van der Waals surface area contributed by atoms with E-state index in [1.54, 1.807) is 12.1 Å². The second-order valence-electron chi connectivity index (χ2n) is 4.09. The van der Waals surface area contributed by atoms with E-state index in [1.165, 1.54) is 11.3 Å². The molecule has 0 spiro atoms. The van der Waals surface area contributed by atoms with Gasteiger partial charge in [0, 0.05) is 18.0 Å². The van der Waals surface area contributed by atoms with Crippen LogP contribution in [0.1, 0.15) is 27.9 Å². The summed E-state index contributed by atoms with van der Waals surface area (Å²) in [6.45, 7) is 3.59. The second kappa shape index (κ2) is 7.13. The summed E-state index contributed by atoms with van der Waals surface area (Å²) >= 11 is 1.24. The van der Waals surface area contributed by atoms with Crippen molar-refractivity contribution < 1.29 is 14.7 Å². The van der Waals surface area contributed by atoms with Crippen molar-refractivity contribution in [2.24, 2.45) is 0 Å². The van der Waals surface area contributed by atoms with Crippen molar-refractivity contribution in [2.75, 3.05) is 20.1 Å². The molecule has 0 aliphatic heterocycles. The van der Waals surface area contributed by atoms with Gasteiger partial charge in [0.2, 0.25) is 5.91 Å². The lowest BCUT2D eigenvalue weighted by Crippen LogP contribution is -2.35. The predicted octanol–water partition coefficient (Wildman–Crippen LogP) is 1.40. The molecule has 0 unspecified atom stereocenters. The van der Waals surface area contributed by atoms with Gasteiger partial charge in [0.15, 0.2) is 0 Å². The van der Waals surface area contributed by atoms with E-state index in [4.69, 9.17) is 5.11 Å². The molecule has 1 rings (SSSR count). The highest BCUT2D eigenvalue weighted by Gasteiger charge is 2.10. The minimum Gasteiger partial charge on any atom is -0.477 e. The van der Waals surface area contributed by atoms with Crippen LogP contribution in [0.3, 0.4) is 0 Å². The molecule has 1 aromatic rings. The lowest BCUT2D eigenvalue weighted by Gasteiger charge is -2.14. The molecule has 1 heterocycles. The molecule has 0 radical (unpaired) electrons. The van der Waals surface area contributed by atoms with Crippen LogP contribution in [0.2, 0.25) is 0 Å². The Labute approximate surface area is 110 Å². The van der Waals surface area contributed by atoms with Gasteiger partial charge in [-0.05, 0) is 25.6 Å². The standard InChI is InChI=1S/C12H18N2O3S/c1-3-6-13-11(15)8-14(2)7-9-4-5-10(18-9)12(16)17/h4-5H,3,6-8H2,1-2H3,(H,13,15)(H,16,17). The van der Waals surface area contributed by atoms with Crippen molar-refractivity contribution >= 4 is 23.2 Å². The van der Waals surface area contributed by atoms with E-state index in [0.717, 1.165) is 11.3 Å². The fourth-order valence-corrected chi connectivity index (χ4v) is 2.39. The molecule has 0 saturated heterocycles. The van der Waals surface area contributed by atoms with E-state index >= 15 is 0 Å². The third-order valence-corrected chi connectivity index (χ3v) is 3.34. The van der Waals surface area contributed by atoms with E-state index in [-0.39, 0.29) is 5.91 Å². The van der Waals surface area contributed by atoms with Gasteiger partial charge < -0.3 is 10.4 Å². The minimum absolute atomic E-state index is 0.00522. The number of hydrogen-bond donors (Lipinski definition) is 2. The molecular weight excluding hydrogens is 252 g/mol. The van der Waals surface area contributed by atoms with Gasteiger partial charge in [-0.1, -0.05) is 6.92 Å². The lowest BCUT2D eigenvalue weighted by atomic mass is 10.4. The summed E-state index contributed by atoms with van der Waals surface area (Å²) < 4.78 is 0. The maximum absolute atomic E-state index is 11.5. The summed E-state index contributed by atoms with van der Waals surface area (Å²) in [6.07, 6.45) is 0.919. The monoisotopic (exact) mass is 270 g/mol. The zero-order valence-electron chi connectivity index (χ0n) is 10.6. The zero-order chi connectivity index (χ0) is 13.5. The number of carboxylic acid groups (broad SMARTS) is 1. The summed E-state index contributed by atoms with van der Waals surface area (Å²) in [5, 5.41) is 11.6. The SMILES string of the molecule is CCCNC(=O)CN(C)Cc1ccc(C(=O)O)s1. The normalized spacial score (nSPS) is 10.6. The Morgan fingerprint density at radius 1 is 1.44 bits per heavy atom. The summed E-state index contributed by atoms with van der Waals surface area (Å²) in [5.41, 5.74) is 0. The van der Waals surface area contributed by atoms with Gasteiger partial charge in [0.25, 0.3) is 0 Å². The Morgan fingerprint density at radius 3 is 2.72 bits per heavy atom. The van der Waals surface area contributed by atoms with Gasteiger partial charge in [-0.25, -0.2) is 4.79 Å². The number of aromatic carboxylic acids is 1. The number of carbonyl (C=O) groups is 2. The number of nitrogens with zero attached hydrogens (tertiary/aromatic N) is 1. The minimum atomic E-state index is -0.908. The fraction of sp³-hybridized carbons (Fsp3) is 0.500. The topological polar surface area (TPSA) is 69.6 Å². The maximum Gasteiger partial charge on any atom is 0.345 e. The van der Waals surface area contributed by atoms with Crippen molar-refractivity contribution in [1.82, 2.24) is 10.2 Å². The fourth-order valence-electron chi connectivity index (χ4n) is 1.47. The Morgan fingerprint density at radius 2 is 2.17 bits per heavy atom. The highest BCUT2D eigenvalue weighted by Crippen LogP contribution is 2.17. The van der Waals surface area contributed by atoms with Crippen LogP contribution in [0.15, 0.2) is 12.1 Å². The molecule has 100 valence electrons. The first-order chi connectivity index (χ1) is 8.52. The highest BCUT2D eigenvalue weighted by molar-refractivity contribution is 7.13. The molecule has 18 heavy (non-hydrogen) atoms. The Hall–Kier alpha value is -1.40. The maximum atomic E-state index is 11.5. The first kappa shape index (κ1) is 14.7. The summed E-state index contributed by atoms with van der Waals surface area (Å²) in [4.78, 5) is 25.3. The van der Waals surface area contributed by atoms with Crippen LogP contribution in [0, 0.1) is 0 Å². The number of hydrogen-bond acceptors (Lipinski definition) is 4. The van der Waals surface area contributed by atoms with E-state index < -0.39 is 5.97 Å². The van der Waals surface area contributed by atoms with Crippen LogP contribution in [-0.2, 0) is 11.3 Å². The number of carboxylic acids is 1. The molecule has 1 amide bonds. The second-order valence-corrected chi connectivity index (χ2v) is 5.26. The number of rotatable bonds is 7. The third-order valence-electron chi connectivity index (χ3n) is 2.28. The lowest BCUT2D eigenvalue weighted by molar-refractivity contribution is -0.122. The third kappa shape index (κ3) is 4.85. The Kier molecular flexibility index (Phi) is 5.80. The van der Waals surface area contributed by atoms with Crippen molar-refractivity contribution in [1.29, 1.82) is 0 Å². The van der Waals surface area contributed by atoms with Gasteiger partial charge >= 0.3 is 5.97 Å². The van der Waals surface area contributed by atoms with Gasteiger partial charge in [-0.3, -0.25) is 9.69 Å². The average Bonchev–Trinajstić information content (AvgIpc) is 2.74. The smallest absolute Gasteiger partial charge is 0.345 e. The number of carbonyl (C=O) groups excluding carboxylic acids is 1. The molecular formula is C12H18N2O3S. The molecule has 0 aromatic carbocycles. The molecule has 0 fully saturated rings. The molecule has 2 N–H and O–H groups in total. The van der Waals surface area contributed by atoms with Gasteiger partial charge in [0.05, 0.1) is 6.54 Å². The molecule has 5 nitrogen and oxygen atoms in total. The summed E-state index contributed by atoms with van der Waals surface area (Å²) in [5.74, 6) is -0.913. The van der Waals surface area contributed by atoms with Gasteiger partial charge in [0.1, 0.15) is 4.88 Å². The van der Waals surface area contributed by atoms with E-state index in [2.05, 4.69) is 5.32 Å². The number of likely N-dealkylation sites (N-methyl/N-ethyl adjacent to an activating group) is 1. The summed E-state index contributed by atoms with van der Waals surface area (Å²) in [7, 11) is 1.84. The van der Waals surface area contributed by atoms with Crippen LogP contribution in [-0.4, -0.2) is 42.0 Å². The molecule has 0 atom stereocenters. The Bertz CT molecular complexity index is 417. The van der Waals surface area contributed by atoms with E-state index in [9.17, 15) is 9.59 Å². The first-order valence-corrected chi connectivity index (χ1v) is 6.61. The van der Waals surface area contributed by atoms with Crippen molar-refractivity contribution in [3.63, 3.8) is 0 Å². The molecule has 1 aromatic heterocycles. The van der Waals surface area contributed by atoms with Crippen LogP contribution >= 0.6 is 11.3 Å². The number of nitrogens with one attached hydrogen (secondary N) is 1. The quantitative estimate of drug-likeness (QED) is 0.786. The highest BCUT2D eigenvalue weighted by atomic mass is 32.1. The van der Waals surface area contributed by atoms with E-state index in [1.807, 2.05) is 18.9 Å². The van der Waals surface area contributed by atoms with Crippen LogP contribution in [0.25, 0.3) is 0 Å². The van der Waals surface area contributed by atoms with Crippen LogP contribution in [0.4, 0.5) is 0 Å². The van der Waals surface area contributed by atoms with Crippen molar-refractivity contribution in [3.05, 3.63) is 21.9 Å². The largest absolute Gasteiger partial charge is 0.477 e. The van der Waals surface area contributed by atoms with Crippen molar-refractivity contribution in [2.45, 2.75) is 19.9 Å². The van der Waals surface area contributed by atoms with Gasteiger partial charge in [-0.15, -0.1) is 11.3 Å². The summed E-state index contributed by atoms with van der Waals surface area (Å²) in [6, 6.07) is 3.38. The zero-order valence-corrected chi connectivity index (χ0v) is 11.4. The number of thiophene rings is 1. The number of amides is 1. The molecule has 0 aliphatic rings. The van der Waals surface area contributed by atoms with Crippen LogP contribution in [0.5, 0.6) is 0 Å². The first-order valence-electron chi connectivity index (χ1n) is 5.80. The predicted molar refractivity (Wildman–Crippen MR) is 70.9 cm³/mol. The average molecular weight is 270 g/mol. The molecule has 0 saturated carbocycles. The molecule has 0 aliphatic carbocycles. The molecule has 6 heteroatoms. The van der Waals surface area contributed by atoms with Crippen molar-refractivity contribution in [3.8, 4) is 0 Å². The van der Waals surface area contributed by atoms with Crippen LogP contribution < -0.4 is 5.32 Å². The van der Waals surface area contributed by atoms with E-state index in [0.29, 0.717) is 24.5 Å². The molecule has 0 bridgehead atoms.